The van der Waals surface area contributed by atoms with Crippen molar-refractivity contribution in [3.05, 3.63) is 52.8 Å². The molecule has 1 amide bonds. The van der Waals surface area contributed by atoms with Gasteiger partial charge >= 0.3 is 6.09 Å². The zero-order valence-electron chi connectivity index (χ0n) is 19.0. The van der Waals surface area contributed by atoms with Crippen LogP contribution in [0.5, 0.6) is 0 Å². The van der Waals surface area contributed by atoms with Crippen molar-refractivity contribution in [1.82, 2.24) is 25.7 Å². The van der Waals surface area contributed by atoms with Gasteiger partial charge in [0.2, 0.25) is 0 Å². The average Bonchev–Trinajstić information content (AvgIpc) is 2.92. The Balaban J connectivity index is 2.02. The molecule has 1 atom stereocenters. The summed E-state index contributed by atoms with van der Waals surface area (Å²) in [6, 6.07) is 9.51. The molecule has 3 N–H and O–H groups in total. The molecule has 1 unspecified atom stereocenters. The minimum Gasteiger partial charge on any atom is -0.444 e. The number of guanidine groups is 1. The SMILES string of the molecule is CN=C(NCc1c(C)nn(C)c1C)NCC(NC(=O)OC(C)(C)C)c1ccccc1. The number of amides is 1. The van der Waals surface area contributed by atoms with Gasteiger partial charge < -0.3 is 20.7 Å². The molecule has 0 saturated heterocycles. The highest BCUT2D eigenvalue weighted by Gasteiger charge is 2.21. The van der Waals surface area contributed by atoms with Crippen LogP contribution >= 0.6 is 0 Å². The molecule has 30 heavy (non-hydrogen) atoms. The number of hydrogen-bond donors (Lipinski definition) is 3. The summed E-state index contributed by atoms with van der Waals surface area (Å²) in [4.78, 5) is 16.6. The maximum absolute atomic E-state index is 12.3. The van der Waals surface area contributed by atoms with Crippen molar-refractivity contribution in [3.8, 4) is 0 Å². The lowest BCUT2D eigenvalue weighted by Crippen LogP contribution is -2.44. The molecular formula is C22H34N6O2. The second kappa shape index (κ2) is 10.1. The predicted molar refractivity (Wildman–Crippen MR) is 119 cm³/mol. The van der Waals surface area contributed by atoms with E-state index in [1.165, 1.54) is 0 Å². The van der Waals surface area contributed by atoms with Crippen LogP contribution < -0.4 is 16.0 Å². The molecule has 0 aliphatic carbocycles. The van der Waals surface area contributed by atoms with Gasteiger partial charge in [-0.15, -0.1) is 0 Å². The first-order valence-electron chi connectivity index (χ1n) is 10.1. The van der Waals surface area contributed by atoms with E-state index in [0.717, 1.165) is 22.5 Å². The van der Waals surface area contributed by atoms with Crippen molar-refractivity contribution >= 4 is 12.1 Å². The van der Waals surface area contributed by atoms with E-state index in [1.54, 1.807) is 7.05 Å². The highest BCUT2D eigenvalue weighted by molar-refractivity contribution is 5.79. The van der Waals surface area contributed by atoms with E-state index >= 15 is 0 Å². The largest absolute Gasteiger partial charge is 0.444 e. The number of aromatic nitrogens is 2. The lowest BCUT2D eigenvalue weighted by atomic mass is 10.1. The minimum absolute atomic E-state index is 0.276. The highest BCUT2D eigenvalue weighted by atomic mass is 16.6. The lowest BCUT2D eigenvalue weighted by Gasteiger charge is -2.25. The molecule has 8 heteroatoms. The van der Waals surface area contributed by atoms with E-state index in [1.807, 2.05) is 76.7 Å². The van der Waals surface area contributed by atoms with Gasteiger partial charge in [0.15, 0.2) is 5.96 Å². The topological polar surface area (TPSA) is 92.6 Å². The number of aryl methyl sites for hydroxylation is 2. The number of benzene rings is 1. The Morgan fingerprint density at radius 2 is 1.87 bits per heavy atom. The third kappa shape index (κ3) is 6.79. The van der Waals surface area contributed by atoms with Crippen LogP contribution in [0.3, 0.4) is 0 Å². The first-order chi connectivity index (χ1) is 14.1. The molecule has 8 nitrogen and oxygen atoms in total. The Bertz CT molecular complexity index is 868. The summed E-state index contributed by atoms with van der Waals surface area (Å²) in [5, 5.41) is 14.0. The highest BCUT2D eigenvalue weighted by Crippen LogP contribution is 2.14. The van der Waals surface area contributed by atoms with Gasteiger partial charge in [-0.3, -0.25) is 9.67 Å². The van der Waals surface area contributed by atoms with Crippen LogP contribution in [0.2, 0.25) is 0 Å². The quantitative estimate of drug-likeness (QED) is 0.499. The molecule has 0 aliphatic rings. The van der Waals surface area contributed by atoms with Crippen LogP contribution in [0.25, 0.3) is 0 Å². The molecule has 2 rings (SSSR count). The Morgan fingerprint density at radius 3 is 2.40 bits per heavy atom. The molecule has 1 aromatic carbocycles. The fraction of sp³-hybridized carbons (Fsp3) is 0.500. The summed E-state index contributed by atoms with van der Waals surface area (Å²) in [6.45, 7) is 10.6. The maximum Gasteiger partial charge on any atom is 0.408 e. The number of nitrogens with one attached hydrogen (secondary N) is 3. The molecule has 0 spiro atoms. The first-order valence-corrected chi connectivity index (χ1v) is 10.1. The number of alkyl carbamates (subject to hydrolysis) is 1. The third-order valence-corrected chi connectivity index (χ3v) is 4.68. The zero-order valence-corrected chi connectivity index (χ0v) is 19.0. The summed E-state index contributed by atoms with van der Waals surface area (Å²) in [5.41, 5.74) is 3.67. The van der Waals surface area contributed by atoms with Crippen molar-refractivity contribution in [3.63, 3.8) is 0 Å². The summed E-state index contributed by atoms with van der Waals surface area (Å²) < 4.78 is 7.30. The number of carbonyl (C=O) groups is 1. The van der Waals surface area contributed by atoms with E-state index < -0.39 is 11.7 Å². The van der Waals surface area contributed by atoms with Crippen molar-refractivity contribution in [1.29, 1.82) is 0 Å². The van der Waals surface area contributed by atoms with Crippen LogP contribution in [0, 0.1) is 13.8 Å². The van der Waals surface area contributed by atoms with Gasteiger partial charge in [-0.2, -0.15) is 5.10 Å². The van der Waals surface area contributed by atoms with E-state index in [0.29, 0.717) is 19.0 Å². The van der Waals surface area contributed by atoms with E-state index in [2.05, 4.69) is 26.0 Å². The second-order valence-electron chi connectivity index (χ2n) is 8.19. The van der Waals surface area contributed by atoms with Crippen LogP contribution in [0.15, 0.2) is 35.3 Å². The standard InChI is InChI=1S/C22H34N6O2/c1-15-18(16(2)28(7)27-15)13-24-20(23-6)25-14-19(17-11-9-8-10-12-17)26-21(29)30-22(3,4)5/h8-12,19H,13-14H2,1-7H3,(H,26,29)(H2,23,24,25). The van der Waals surface area contributed by atoms with E-state index in [9.17, 15) is 4.79 Å². The minimum atomic E-state index is -0.560. The third-order valence-electron chi connectivity index (χ3n) is 4.68. The fourth-order valence-electron chi connectivity index (χ4n) is 3.05. The molecule has 164 valence electrons. The van der Waals surface area contributed by atoms with E-state index in [-0.39, 0.29) is 6.04 Å². The molecule has 0 bridgehead atoms. The van der Waals surface area contributed by atoms with Crippen LogP contribution in [0.4, 0.5) is 4.79 Å². The number of ether oxygens (including phenoxy) is 1. The van der Waals surface area contributed by atoms with Gasteiger partial charge in [0.05, 0.1) is 11.7 Å². The summed E-state index contributed by atoms with van der Waals surface area (Å²) in [7, 11) is 3.66. The Labute approximate surface area is 179 Å². The molecular weight excluding hydrogens is 380 g/mol. The molecule has 2 aromatic rings. The van der Waals surface area contributed by atoms with E-state index in [4.69, 9.17) is 4.74 Å². The van der Waals surface area contributed by atoms with Crippen molar-refractivity contribution in [2.75, 3.05) is 13.6 Å². The van der Waals surface area contributed by atoms with Crippen LogP contribution in [0.1, 0.15) is 49.3 Å². The summed E-state index contributed by atoms with van der Waals surface area (Å²) >= 11 is 0. The number of carbonyl (C=O) groups excluding carboxylic acids is 1. The van der Waals surface area contributed by atoms with Gasteiger partial charge in [-0.25, -0.2) is 4.79 Å². The molecule has 0 radical (unpaired) electrons. The predicted octanol–water partition coefficient (Wildman–Crippen LogP) is 2.97. The fourth-order valence-corrected chi connectivity index (χ4v) is 3.05. The monoisotopic (exact) mass is 414 g/mol. The molecule has 0 aliphatic heterocycles. The van der Waals surface area contributed by atoms with Gasteiger partial charge in [-0.1, -0.05) is 30.3 Å². The summed E-state index contributed by atoms with van der Waals surface area (Å²) in [5.74, 6) is 0.643. The van der Waals surface area contributed by atoms with Gasteiger partial charge in [0.1, 0.15) is 5.60 Å². The van der Waals surface area contributed by atoms with Gasteiger partial charge in [0.25, 0.3) is 0 Å². The lowest BCUT2D eigenvalue weighted by molar-refractivity contribution is 0.0504. The van der Waals surface area contributed by atoms with Crippen molar-refractivity contribution in [2.24, 2.45) is 12.0 Å². The number of aliphatic imine (C=N–C) groups is 1. The molecule has 1 aromatic heterocycles. The number of hydrogen-bond acceptors (Lipinski definition) is 4. The van der Waals surface area contributed by atoms with Crippen molar-refractivity contribution < 1.29 is 9.53 Å². The zero-order chi connectivity index (χ0) is 22.3. The molecule has 1 heterocycles. The molecule has 0 saturated carbocycles. The van der Waals surface area contributed by atoms with Gasteiger partial charge in [0, 0.05) is 38.4 Å². The van der Waals surface area contributed by atoms with Crippen molar-refractivity contribution in [2.45, 2.75) is 52.8 Å². The normalized spacial score (nSPS) is 13.0. The van der Waals surface area contributed by atoms with Crippen LogP contribution in [-0.2, 0) is 18.3 Å². The second-order valence-corrected chi connectivity index (χ2v) is 8.19. The Hall–Kier alpha value is -3.03. The smallest absolute Gasteiger partial charge is 0.408 e. The Kier molecular flexibility index (Phi) is 7.86. The molecule has 0 fully saturated rings. The Morgan fingerprint density at radius 1 is 1.20 bits per heavy atom. The average molecular weight is 415 g/mol. The number of nitrogens with zero attached hydrogens (tertiary/aromatic N) is 3. The maximum atomic E-state index is 12.3. The van der Waals surface area contributed by atoms with Gasteiger partial charge in [-0.05, 0) is 40.2 Å². The number of rotatable bonds is 6. The van der Waals surface area contributed by atoms with Crippen LogP contribution in [-0.4, -0.2) is 41.0 Å². The first kappa shape index (κ1) is 23.3. The summed E-state index contributed by atoms with van der Waals surface area (Å²) in [6.07, 6.45) is -0.456.